The van der Waals surface area contributed by atoms with E-state index in [1.807, 2.05) is 45.9 Å². The van der Waals surface area contributed by atoms with Gasteiger partial charge in [0.15, 0.2) is 0 Å². The monoisotopic (exact) mass is 562 g/mol. The first-order valence-electron chi connectivity index (χ1n) is 13.6. The number of para-hydroxylation sites is 1. The molecule has 4 N–H and O–H groups in total. The molecule has 0 bridgehead atoms. The van der Waals surface area contributed by atoms with Crippen molar-refractivity contribution in [2.45, 2.75) is 91.0 Å². The smallest absolute Gasteiger partial charge is 0.408 e. The number of benzene rings is 2. The number of nitrogens with two attached hydrogens (primary N) is 1. The number of terminal acetylenes is 1. The van der Waals surface area contributed by atoms with Gasteiger partial charge < -0.3 is 26.0 Å². The van der Waals surface area contributed by atoms with E-state index in [1.165, 1.54) is 4.90 Å². The Morgan fingerprint density at radius 3 is 2.15 bits per heavy atom. The molecule has 9 nitrogen and oxygen atoms in total. The third-order valence-corrected chi connectivity index (χ3v) is 6.73. The number of carbonyl (C=O) groups excluding carboxylic acids is 4. The number of amides is 4. The highest BCUT2D eigenvalue weighted by atomic mass is 16.6. The number of aryl methyl sites for hydroxylation is 1. The molecule has 9 heteroatoms. The molecule has 220 valence electrons. The lowest BCUT2D eigenvalue weighted by atomic mass is 9.91. The van der Waals surface area contributed by atoms with Crippen molar-refractivity contribution in [3.8, 4) is 12.3 Å². The van der Waals surface area contributed by atoms with Crippen molar-refractivity contribution < 1.29 is 23.9 Å². The lowest BCUT2D eigenvalue weighted by Crippen LogP contribution is -2.59. The average molecular weight is 563 g/mol. The molecule has 0 saturated heterocycles. The van der Waals surface area contributed by atoms with Gasteiger partial charge >= 0.3 is 6.09 Å². The van der Waals surface area contributed by atoms with Crippen molar-refractivity contribution in [2.24, 2.45) is 5.73 Å². The van der Waals surface area contributed by atoms with Crippen LogP contribution in [0, 0.1) is 19.3 Å². The number of nitrogens with one attached hydrogen (secondary N) is 2. The molecule has 0 fully saturated rings. The zero-order valence-electron chi connectivity index (χ0n) is 25.0. The Hall–Kier alpha value is -4.32. The summed E-state index contributed by atoms with van der Waals surface area (Å²) in [6.07, 6.45) is 4.97. The Balaban J connectivity index is 2.67. The SMILES string of the molecule is C#Cc1ccc(C(C(=O)Nc2ccccc2C)N(C(=O)C(CCC(N)=O)NC(=O)OC(C)(C)C)C(C)(C)CC)cc1. The van der Waals surface area contributed by atoms with Crippen molar-refractivity contribution in [2.75, 3.05) is 5.32 Å². The molecule has 0 aromatic heterocycles. The van der Waals surface area contributed by atoms with Crippen molar-refractivity contribution in [1.29, 1.82) is 0 Å². The molecule has 2 aromatic rings. The first-order valence-corrected chi connectivity index (χ1v) is 13.6. The van der Waals surface area contributed by atoms with Gasteiger partial charge in [0.25, 0.3) is 5.91 Å². The van der Waals surface area contributed by atoms with E-state index in [0.29, 0.717) is 23.2 Å². The minimum absolute atomic E-state index is 0.0775. The number of hydrogen-bond acceptors (Lipinski definition) is 5. The topological polar surface area (TPSA) is 131 Å². The summed E-state index contributed by atoms with van der Waals surface area (Å²) in [5, 5.41) is 5.58. The Bertz CT molecular complexity index is 1290. The fourth-order valence-corrected chi connectivity index (χ4v) is 4.20. The molecule has 4 amide bonds. The number of primary amides is 1. The quantitative estimate of drug-likeness (QED) is 0.338. The predicted octanol–water partition coefficient (Wildman–Crippen LogP) is 4.83. The Kier molecular flexibility index (Phi) is 11.1. The standard InChI is InChI=1S/C32H42N4O5/c1-9-22-15-17-23(18-16-22)27(28(38)34-24-14-12-11-13-21(24)3)36(32(7,8)10-2)29(39)25(19-20-26(33)37)35-30(40)41-31(4,5)6/h1,11-18,25,27H,10,19-20H2,2-8H3,(H2,33,37)(H,34,38)(H,35,40). The van der Waals surface area contributed by atoms with Gasteiger partial charge in [0.2, 0.25) is 11.8 Å². The number of anilines is 1. The molecular formula is C32H42N4O5. The van der Waals surface area contributed by atoms with Gasteiger partial charge in [0, 0.05) is 23.2 Å². The normalized spacial score (nSPS) is 12.8. The van der Waals surface area contributed by atoms with Crippen LogP contribution in [0.4, 0.5) is 10.5 Å². The van der Waals surface area contributed by atoms with Crippen LogP contribution in [0.25, 0.3) is 0 Å². The van der Waals surface area contributed by atoms with Gasteiger partial charge in [-0.3, -0.25) is 14.4 Å². The minimum atomic E-state index is -1.19. The molecule has 2 aromatic carbocycles. The molecule has 0 aliphatic heterocycles. The number of hydrogen-bond donors (Lipinski definition) is 3. The summed E-state index contributed by atoms with van der Waals surface area (Å²) in [6, 6.07) is 11.8. The summed E-state index contributed by atoms with van der Waals surface area (Å²) >= 11 is 0. The third kappa shape index (κ3) is 9.38. The first kappa shape index (κ1) is 32.9. The zero-order valence-corrected chi connectivity index (χ0v) is 25.0. The van der Waals surface area contributed by atoms with Gasteiger partial charge in [-0.15, -0.1) is 6.42 Å². The van der Waals surface area contributed by atoms with Crippen LogP contribution in [-0.2, 0) is 19.1 Å². The second-order valence-electron chi connectivity index (χ2n) is 11.6. The summed E-state index contributed by atoms with van der Waals surface area (Å²) in [4.78, 5) is 54.4. The third-order valence-electron chi connectivity index (χ3n) is 6.73. The van der Waals surface area contributed by atoms with E-state index in [4.69, 9.17) is 16.9 Å². The van der Waals surface area contributed by atoms with Gasteiger partial charge in [-0.25, -0.2) is 4.79 Å². The summed E-state index contributed by atoms with van der Waals surface area (Å²) in [7, 11) is 0. The lowest BCUT2D eigenvalue weighted by Gasteiger charge is -2.44. The number of alkyl carbamates (subject to hydrolysis) is 1. The van der Waals surface area contributed by atoms with Gasteiger partial charge in [-0.2, -0.15) is 0 Å². The molecule has 2 unspecified atom stereocenters. The van der Waals surface area contributed by atoms with Crippen molar-refractivity contribution in [3.63, 3.8) is 0 Å². The first-order chi connectivity index (χ1) is 19.1. The van der Waals surface area contributed by atoms with E-state index < -0.39 is 47.0 Å². The van der Waals surface area contributed by atoms with Gasteiger partial charge in [-0.05, 0) is 83.7 Å². The minimum Gasteiger partial charge on any atom is -0.444 e. The van der Waals surface area contributed by atoms with Crippen LogP contribution in [0.1, 0.15) is 83.5 Å². The maximum Gasteiger partial charge on any atom is 0.408 e. The van der Waals surface area contributed by atoms with Crippen molar-refractivity contribution in [1.82, 2.24) is 10.2 Å². The predicted molar refractivity (Wildman–Crippen MR) is 160 cm³/mol. The van der Waals surface area contributed by atoms with E-state index in [9.17, 15) is 19.2 Å². The summed E-state index contributed by atoms with van der Waals surface area (Å²) in [5.41, 5.74) is 6.30. The van der Waals surface area contributed by atoms with Crippen LogP contribution >= 0.6 is 0 Å². The van der Waals surface area contributed by atoms with Crippen LogP contribution in [0.3, 0.4) is 0 Å². The van der Waals surface area contributed by atoms with E-state index in [1.54, 1.807) is 51.1 Å². The lowest BCUT2D eigenvalue weighted by molar-refractivity contribution is -0.148. The van der Waals surface area contributed by atoms with Crippen LogP contribution < -0.4 is 16.4 Å². The molecule has 0 radical (unpaired) electrons. The van der Waals surface area contributed by atoms with Crippen LogP contribution in [0.5, 0.6) is 0 Å². The fourth-order valence-electron chi connectivity index (χ4n) is 4.20. The van der Waals surface area contributed by atoms with E-state index in [0.717, 1.165) is 5.56 Å². The molecule has 41 heavy (non-hydrogen) atoms. The molecule has 2 rings (SSSR count). The maximum atomic E-state index is 14.4. The highest BCUT2D eigenvalue weighted by molar-refractivity contribution is 5.99. The molecule has 0 aliphatic rings. The second-order valence-corrected chi connectivity index (χ2v) is 11.6. The van der Waals surface area contributed by atoms with Crippen LogP contribution in [0.15, 0.2) is 48.5 Å². The van der Waals surface area contributed by atoms with Crippen molar-refractivity contribution >= 4 is 29.5 Å². The van der Waals surface area contributed by atoms with Crippen LogP contribution in [-0.4, -0.2) is 45.9 Å². The highest BCUT2D eigenvalue weighted by Gasteiger charge is 2.43. The largest absolute Gasteiger partial charge is 0.444 e. The highest BCUT2D eigenvalue weighted by Crippen LogP contribution is 2.34. The van der Waals surface area contributed by atoms with Gasteiger partial charge in [-0.1, -0.05) is 43.2 Å². The Labute approximate surface area is 243 Å². The molecule has 0 heterocycles. The number of nitrogens with zero attached hydrogens (tertiary/aromatic N) is 1. The van der Waals surface area contributed by atoms with Crippen molar-refractivity contribution in [3.05, 3.63) is 65.2 Å². The van der Waals surface area contributed by atoms with Crippen LogP contribution in [0.2, 0.25) is 0 Å². The molecular weight excluding hydrogens is 520 g/mol. The van der Waals surface area contributed by atoms with Gasteiger partial charge in [0.05, 0.1) is 0 Å². The number of rotatable bonds is 11. The molecule has 2 atom stereocenters. The van der Waals surface area contributed by atoms with E-state index >= 15 is 0 Å². The molecule has 0 saturated carbocycles. The van der Waals surface area contributed by atoms with E-state index in [2.05, 4.69) is 16.6 Å². The van der Waals surface area contributed by atoms with E-state index in [-0.39, 0.29) is 12.8 Å². The van der Waals surface area contributed by atoms with Gasteiger partial charge in [0.1, 0.15) is 17.7 Å². The Morgan fingerprint density at radius 2 is 1.63 bits per heavy atom. The summed E-state index contributed by atoms with van der Waals surface area (Å²) in [6.45, 7) is 12.6. The fraction of sp³-hybridized carbons (Fsp3) is 0.438. The number of ether oxygens (including phenoxy) is 1. The maximum absolute atomic E-state index is 14.4. The average Bonchev–Trinajstić information content (AvgIpc) is 2.89. The molecule has 0 spiro atoms. The summed E-state index contributed by atoms with van der Waals surface area (Å²) in [5.74, 6) is 0.921. The summed E-state index contributed by atoms with van der Waals surface area (Å²) < 4.78 is 5.39. The molecule has 0 aliphatic carbocycles. The zero-order chi connectivity index (χ0) is 31.0. The Morgan fingerprint density at radius 1 is 1.02 bits per heavy atom. The second kappa shape index (κ2) is 13.8. The number of carbonyl (C=O) groups is 4.